The summed E-state index contributed by atoms with van der Waals surface area (Å²) in [6.07, 6.45) is 4.14. The molecule has 5 nitrogen and oxygen atoms in total. The number of carbonyl (C=O) groups is 1. The van der Waals surface area contributed by atoms with Crippen LogP contribution in [0.4, 0.5) is 0 Å². The summed E-state index contributed by atoms with van der Waals surface area (Å²) in [6.45, 7) is 7.62. The molecule has 0 unspecified atom stereocenters. The van der Waals surface area contributed by atoms with Crippen molar-refractivity contribution in [3.8, 4) is 0 Å². The molecule has 2 heterocycles. The highest BCUT2D eigenvalue weighted by Crippen LogP contribution is 2.25. The fraction of sp³-hybridized carbons (Fsp3) is 0.750. The molecule has 1 amide bonds. The van der Waals surface area contributed by atoms with E-state index in [2.05, 4.69) is 17.1 Å². The molecule has 0 aliphatic carbocycles. The lowest BCUT2D eigenvalue weighted by Gasteiger charge is -2.28. The van der Waals surface area contributed by atoms with Crippen LogP contribution in [0.1, 0.15) is 55.5 Å². The van der Waals surface area contributed by atoms with Gasteiger partial charge in [-0.15, -0.1) is 0 Å². The second-order valence-electron chi connectivity index (χ2n) is 6.22. The summed E-state index contributed by atoms with van der Waals surface area (Å²) in [7, 11) is 1.88. The van der Waals surface area contributed by atoms with Gasteiger partial charge in [0.05, 0.1) is 11.8 Å². The predicted octanol–water partition coefficient (Wildman–Crippen LogP) is 2.55. The molecule has 5 heteroatoms. The Morgan fingerprint density at radius 1 is 1.48 bits per heavy atom. The van der Waals surface area contributed by atoms with E-state index in [9.17, 15) is 4.79 Å². The molecular weight excluding hydrogens is 266 g/mol. The Bertz CT molecular complexity index is 458. The average Bonchev–Trinajstić information content (AvgIpc) is 2.79. The number of nitrogens with zero attached hydrogens (tertiary/aromatic N) is 2. The highest BCUT2D eigenvalue weighted by Gasteiger charge is 2.22. The summed E-state index contributed by atoms with van der Waals surface area (Å²) in [5.74, 6) is 0.364. The first-order chi connectivity index (χ1) is 9.99. The SMILES string of the molecule is Cc1n[nH]c(C)c1[C@H](C)CC(=O)N(C)C[C@H]1CCCCO1. The summed E-state index contributed by atoms with van der Waals surface area (Å²) >= 11 is 0. The quantitative estimate of drug-likeness (QED) is 0.907. The lowest BCUT2D eigenvalue weighted by Crippen LogP contribution is -2.37. The fourth-order valence-corrected chi connectivity index (χ4v) is 3.16. The molecule has 1 aliphatic heterocycles. The Kier molecular flexibility index (Phi) is 5.39. The Morgan fingerprint density at radius 3 is 2.81 bits per heavy atom. The number of carbonyl (C=O) groups excluding carboxylic acids is 1. The van der Waals surface area contributed by atoms with Crippen molar-refractivity contribution < 1.29 is 9.53 Å². The monoisotopic (exact) mass is 293 g/mol. The van der Waals surface area contributed by atoms with Gasteiger partial charge in [-0.05, 0) is 44.6 Å². The van der Waals surface area contributed by atoms with Gasteiger partial charge < -0.3 is 9.64 Å². The first-order valence-electron chi connectivity index (χ1n) is 7.86. The van der Waals surface area contributed by atoms with E-state index in [4.69, 9.17) is 4.74 Å². The van der Waals surface area contributed by atoms with Crippen molar-refractivity contribution in [2.45, 2.75) is 58.5 Å². The van der Waals surface area contributed by atoms with Gasteiger partial charge in [0.15, 0.2) is 0 Å². The summed E-state index contributed by atoms with van der Waals surface area (Å²) in [5.41, 5.74) is 3.22. The molecule has 0 radical (unpaired) electrons. The van der Waals surface area contributed by atoms with Gasteiger partial charge in [-0.2, -0.15) is 5.10 Å². The number of hydrogen-bond donors (Lipinski definition) is 1. The Labute approximate surface area is 127 Å². The molecule has 0 spiro atoms. The number of aryl methyl sites for hydroxylation is 2. The van der Waals surface area contributed by atoms with Crippen LogP contribution >= 0.6 is 0 Å². The zero-order chi connectivity index (χ0) is 15.4. The van der Waals surface area contributed by atoms with E-state index in [1.165, 1.54) is 12.0 Å². The standard InChI is InChI=1S/C16H27N3O2/c1-11(16-12(2)17-18-13(16)3)9-15(20)19(4)10-14-7-5-6-8-21-14/h11,14H,5-10H2,1-4H3,(H,17,18)/t11-,14-/m1/s1. The number of aromatic nitrogens is 2. The third kappa shape index (κ3) is 4.06. The van der Waals surface area contributed by atoms with Gasteiger partial charge in [-0.3, -0.25) is 9.89 Å². The van der Waals surface area contributed by atoms with Crippen LogP contribution in [0.3, 0.4) is 0 Å². The number of nitrogens with one attached hydrogen (secondary N) is 1. The van der Waals surface area contributed by atoms with E-state index in [0.717, 1.165) is 30.8 Å². The largest absolute Gasteiger partial charge is 0.376 e. The second kappa shape index (κ2) is 7.07. The number of rotatable bonds is 5. The van der Waals surface area contributed by atoms with E-state index in [0.29, 0.717) is 13.0 Å². The van der Waals surface area contributed by atoms with Gasteiger partial charge in [0.2, 0.25) is 5.91 Å². The first-order valence-corrected chi connectivity index (χ1v) is 7.86. The van der Waals surface area contributed by atoms with Crippen LogP contribution < -0.4 is 0 Å². The van der Waals surface area contributed by atoms with Crippen LogP contribution in [0.2, 0.25) is 0 Å². The lowest BCUT2D eigenvalue weighted by molar-refractivity contribution is -0.132. The molecule has 1 aromatic heterocycles. The summed E-state index contributed by atoms with van der Waals surface area (Å²) in [6, 6.07) is 0. The van der Waals surface area contributed by atoms with E-state index in [1.807, 2.05) is 25.8 Å². The normalized spacial score (nSPS) is 20.3. The number of hydrogen-bond acceptors (Lipinski definition) is 3. The predicted molar refractivity (Wildman–Crippen MR) is 82.3 cm³/mol. The van der Waals surface area contributed by atoms with Crippen molar-refractivity contribution in [3.63, 3.8) is 0 Å². The molecule has 0 bridgehead atoms. The molecular formula is C16H27N3O2. The van der Waals surface area contributed by atoms with Crippen LogP contribution in [0.5, 0.6) is 0 Å². The second-order valence-corrected chi connectivity index (χ2v) is 6.22. The molecule has 0 aromatic carbocycles. The highest BCUT2D eigenvalue weighted by atomic mass is 16.5. The highest BCUT2D eigenvalue weighted by molar-refractivity contribution is 5.77. The number of likely N-dealkylation sites (N-methyl/N-ethyl adjacent to an activating group) is 1. The maximum absolute atomic E-state index is 12.4. The maximum Gasteiger partial charge on any atom is 0.223 e. The number of H-pyrrole nitrogens is 1. The molecule has 2 atom stereocenters. The van der Waals surface area contributed by atoms with Gasteiger partial charge in [0.1, 0.15) is 0 Å². The van der Waals surface area contributed by atoms with Crippen molar-refractivity contribution in [3.05, 3.63) is 17.0 Å². The lowest BCUT2D eigenvalue weighted by atomic mass is 9.95. The van der Waals surface area contributed by atoms with Crippen molar-refractivity contribution >= 4 is 5.91 Å². The maximum atomic E-state index is 12.4. The van der Waals surface area contributed by atoms with E-state index in [-0.39, 0.29) is 17.9 Å². The Balaban J connectivity index is 1.88. The number of amides is 1. The topological polar surface area (TPSA) is 58.2 Å². The first kappa shape index (κ1) is 16.0. The number of ether oxygens (including phenoxy) is 1. The molecule has 1 aliphatic rings. The van der Waals surface area contributed by atoms with Gasteiger partial charge in [-0.1, -0.05) is 6.92 Å². The van der Waals surface area contributed by atoms with Crippen molar-refractivity contribution in [1.82, 2.24) is 15.1 Å². The molecule has 1 N–H and O–H groups in total. The van der Waals surface area contributed by atoms with Crippen LogP contribution in [-0.2, 0) is 9.53 Å². The zero-order valence-electron chi connectivity index (χ0n) is 13.6. The summed E-state index contributed by atoms with van der Waals surface area (Å²) in [5, 5.41) is 7.20. The van der Waals surface area contributed by atoms with Crippen LogP contribution in [0.15, 0.2) is 0 Å². The molecule has 2 rings (SSSR count). The summed E-state index contributed by atoms with van der Waals surface area (Å²) < 4.78 is 5.71. The smallest absolute Gasteiger partial charge is 0.223 e. The summed E-state index contributed by atoms with van der Waals surface area (Å²) in [4.78, 5) is 14.2. The molecule has 1 aromatic rings. The van der Waals surface area contributed by atoms with Gasteiger partial charge >= 0.3 is 0 Å². The third-order valence-corrected chi connectivity index (χ3v) is 4.34. The molecule has 1 fully saturated rings. The van der Waals surface area contributed by atoms with E-state index in [1.54, 1.807) is 0 Å². The molecule has 21 heavy (non-hydrogen) atoms. The van der Waals surface area contributed by atoms with Crippen LogP contribution in [0, 0.1) is 13.8 Å². The average molecular weight is 293 g/mol. The molecule has 1 saturated heterocycles. The molecule has 0 saturated carbocycles. The van der Waals surface area contributed by atoms with Crippen molar-refractivity contribution in [2.75, 3.05) is 20.2 Å². The minimum Gasteiger partial charge on any atom is -0.376 e. The van der Waals surface area contributed by atoms with Gasteiger partial charge in [-0.25, -0.2) is 0 Å². The van der Waals surface area contributed by atoms with Crippen molar-refractivity contribution in [2.24, 2.45) is 0 Å². The fourth-order valence-electron chi connectivity index (χ4n) is 3.16. The van der Waals surface area contributed by atoms with E-state index >= 15 is 0 Å². The Hall–Kier alpha value is -1.36. The Morgan fingerprint density at radius 2 is 2.24 bits per heavy atom. The van der Waals surface area contributed by atoms with Gasteiger partial charge in [0.25, 0.3) is 0 Å². The van der Waals surface area contributed by atoms with Crippen LogP contribution in [-0.4, -0.2) is 47.3 Å². The van der Waals surface area contributed by atoms with Crippen LogP contribution in [0.25, 0.3) is 0 Å². The molecule has 118 valence electrons. The van der Waals surface area contributed by atoms with Gasteiger partial charge in [0, 0.05) is 32.3 Å². The zero-order valence-corrected chi connectivity index (χ0v) is 13.6. The minimum atomic E-state index is 0.177. The third-order valence-electron chi connectivity index (χ3n) is 4.34. The van der Waals surface area contributed by atoms with E-state index < -0.39 is 0 Å². The number of aromatic amines is 1. The van der Waals surface area contributed by atoms with Crippen molar-refractivity contribution in [1.29, 1.82) is 0 Å². The minimum absolute atomic E-state index is 0.177.